The molecule has 39 valence electrons. The van der Waals surface area contributed by atoms with Crippen molar-refractivity contribution in [3.05, 3.63) is 6.92 Å². The number of hydrogen-bond acceptors (Lipinski definition) is 0. The highest BCUT2D eigenvalue weighted by atomic mass is 13.9. The van der Waals surface area contributed by atoms with Crippen LogP contribution in [0.4, 0.5) is 0 Å². The summed E-state index contributed by atoms with van der Waals surface area (Å²) in [5.41, 5.74) is 0. The van der Waals surface area contributed by atoms with Crippen molar-refractivity contribution >= 4 is 0 Å². The van der Waals surface area contributed by atoms with Crippen molar-refractivity contribution in [3.8, 4) is 12.3 Å². The molecule has 0 saturated heterocycles. The minimum absolute atomic E-state index is 0.510. The molecule has 0 fully saturated rings. The summed E-state index contributed by atoms with van der Waals surface area (Å²) >= 11 is 0. The third-order valence-corrected chi connectivity index (χ3v) is 0.781. The average molecular weight is 95.2 g/mol. The molecule has 7 heavy (non-hydrogen) atoms. The maximum absolute atomic E-state index is 5.00. The lowest BCUT2D eigenvalue weighted by Gasteiger charge is -1.95. The third kappa shape index (κ3) is 5.56. The molecule has 0 aliphatic carbocycles. The monoisotopic (exact) mass is 95.1 g/mol. The van der Waals surface area contributed by atoms with Gasteiger partial charge in [-0.2, -0.15) is 0 Å². The quantitative estimate of drug-likeness (QED) is 0.459. The molecule has 0 heteroatoms. The van der Waals surface area contributed by atoms with Gasteiger partial charge in [0, 0.05) is 6.42 Å². The number of rotatable bonds is 2. The Bertz CT molecular complexity index is 64.6. The fourth-order valence-electron chi connectivity index (χ4n) is 0.330. The van der Waals surface area contributed by atoms with Crippen LogP contribution in [0.25, 0.3) is 0 Å². The molecule has 0 amide bonds. The first-order valence-electron chi connectivity index (χ1n) is 2.54. The molecular weight excluding hydrogens is 84.1 g/mol. The van der Waals surface area contributed by atoms with Crippen molar-refractivity contribution in [1.82, 2.24) is 0 Å². The zero-order chi connectivity index (χ0) is 5.70. The lowest BCUT2D eigenvalue weighted by Crippen LogP contribution is -1.83. The molecule has 0 bridgehead atoms. The van der Waals surface area contributed by atoms with Crippen LogP contribution in [-0.2, 0) is 0 Å². The molecule has 0 aliphatic heterocycles. The molecule has 1 radical (unpaired) electrons. The van der Waals surface area contributed by atoms with Crippen molar-refractivity contribution in [1.29, 1.82) is 0 Å². The smallest absolute Gasteiger partial charge is 0.00885 e. The molecule has 0 heterocycles. The maximum Gasteiger partial charge on any atom is 0.00885 e. The minimum atomic E-state index is 0.510. The van der Waals surface area contributed by atoms with Gasteiger partial charge < -0.3 is 0 Å². The first kappa shape index (κ1) is 6.56. The second kappa shape index (κ2) is 3.74. The Balaban J connectivity index is 2.86. The van der Waals surface area contributed by atoms with E-state index in [1.165, 1.54) is 0 Å². The van der Waals surface area contributed by atoms with E-state index in [-0.39, 0.29) is 0 Å². The van der Waals surface area contributed by atoms with Crippen LogP contribution in [0.5, 0.6) is 0 Å². The molecule has 0 aromatic carbocycles. The Labute approximate surface area is 45.9 Å². The summed E-state index contributed by atoms with van der Waals surface area (Å²) in [6, 6.07) is 0. The van der Waals surface area contributed by atoms with Crippen molar-refractivity contribution in [2.45, 2.75) is 19.8 Å². The van der Waals surface area contributed by atoms with E-state index in [0.29, 0.717) is 5.92 Å². The fraction of sp³-hybridized carbons (Fsp3) is 0.571. The molecule has 0 nitrogen and oxygen atoms in total. The van der Waals surface area contributed by atoms with Gasteiger partial charge in [0.2, 0.25) is 0 Å². The molecular formula is C7H11. The van der Waals surface area contributed by atoms with Gasteiger partial charge in [0.1, 0.15) is 0 Å². The molecule has 1 unspecified atom stereocenters. The number of terminal acetylenes is 1. The van der Waals surface area contributed by atoms with Crippen LogP contribution in [0, 0.1) is 25.2 Å². The van der Waals surface area contributed by atoms with Gasteiger partial charge in [-0.1, -0.05) is 13.8 Å². The molecule has 0 N–H and O–H groups in total. The van der Waals surface area contributed by atoms with E-state index in [1.54, 1.807) is 0 Å². The van der Waals surface area contributed by atoms with Gasteiger partial charge in [-0.15, -0.1) is 12.3 Å². The Hall–Kier alpha value is -0.440. The van der Waals surface area contributed by atoms with E-state index >= 15 is 0 Å². The first-order chi connectivity index (χ1) is 3.27. The summed E-state index contributed by atoms with van der Waals surface area (Å²) in [6.07, 6.45) is 6.92. The van der Waals surface area contributed by atoms with Crippen LogP contribution in [0.1, 0.15) is 19.8 Å². The van der Waals surface area contributed by atoms with Gasteiger partial charge in [0.25, 0.3) is 0 Å². The Kier molecular flexibility index (Phi) is 3.50. The van der Waals surface area contributed by atoms with Gasteiger partial charge in [0.05, 0.1) is 0 Å². The van der Waals surface area contributed by atoms with Gasteiger partial charge in [0.15, 0.2) is 0 Å². The Morgan fingerprint density at radius 1 is 1.86 bits per heavy atom. The first-order valence-corrected chi connectivity index (χ1v) is 2.54. The highest BCUT2D eigenvalue weighted by Gasteiger charge is 1.87. The second-order valence-corrected chi connectivity index (χ2v) is 1.85. The normalized spacial score (nSPS) is 8.86. The van der Waals surface area contributed by atoms with Crippen LogP contribution in [0.2, 0.25) is 0 Å². The van der Waals surface area contributed by atoms with Crippen LogP contribution in [0.3, 0.4) is 0 Å². The van der Waals surface area contributed by atoms with Crippen molar-refractivity contribution < 1.29 is 0 Å². The molecule has 0 aromatic heterocycles. The SMILES string of the molecule is C#CCCC([CH2])C. The van der Waals surface area contributed by atoms with E-state index in [1.807, 2.05) is 0 Å². The molecule has 1 atom stereocenters. The Morgan fingerprint density at radius 2 is 2.43 bits per heavy atom. The van der Waals surface area contributed by atoms with Crippen LogP contribution in [-0.4, -0.2) is 0 Å². The topological polar surface area (TPSA) is 0 Å². The zero-order valence-corrected chi connectivity index (χ0v) is 4.78. The van der Waals surface area contributed by atoms with Crippen LogP contribution < -0.4 is 0 Å². The summed E-state index contributed by atoms with van der Waals surface area (Å²) < 4.78 is 0. The van der Waals surface area contributed by atoms with Crippen LogP contribution >= 0.6 is 0 Å². The van der Waals surface area contributed by atoms with E-state index in [0.717, 1.165) is 12.8 Å². The lowest BCUT2D eigenvalue weighted by molar-refractivity contribution is 0.661. The summed E-state index contributed by atoms with van der Waals surface area (Å²) in [4.78, 5) is 0. The summed E-state index contributed by atoms with van der Waals surface area (Å²) in [5, 5.41) is 0. The average Bonchev–Trinajstić information content (AvgIpc) is 1.61. The Morgan fingerprint density at radius 3 is 2.57 bits per heavy atom. The van der Waals surface area contributed by atoms with E-state index in [2.05, 4.69) is 19.8 Å². The van der Waals surface area contributed by atoms with E-state index in [9.17, 15) is 0 Å². The summed E-state index contributed by atoms with van der Waals surface area (Å²) in [7, 11) is 0. The fourth-order valence-corrected chi connectivity index (χ4v) is 0.330. The summed E-state index contributed by atoms with van der Waals surface area (Å²) in [5.74, 6) is 3.07. The maximum atomic E-state index is 5.00. The van der Waals surface area contributed by atoms with Crippen LogP contribution in [0.15, 0.2) is 0 Å². The predicted octanol–water partition coefficient (Wildman–Crippen LogP) is 1.87. The van der Waals surface area contributed by atoms with E-state index in [4.69, 9.17) is 6.42 Å². The summed E-state index contributed by atoms with van der Waals surface area (Å²) in [6.45, 7) is 5.85. The van der Waals surface area contributed by atoms with Crippen molar-refractivity contribution in [2.24, 2.45) is 5.92 Å². The second-order valence-electron chi connectivity index (χ2n) is 1.85. The predicted molar refractivity (Wildman–Crippen MR) is 32.6 cm³/mol. The van der Waals surface area contributed by atoms with Gasteiger partial charge in [-0.05, 0) is 12.3 Å². The largest absolute Gasteiger partial charge is 0.120 e. The molecule has 0 rings (SSSR count). The highest BCUT2D eigenvalue weighted by Crippen LogP contribution is 1.99. The van der Waals surface area contributed by atoms with Crippen molar-refractivity contribution in [3.63, 3.8) is 0 Å². The van der Waals surface area contributed by atoms with E-state index < -0.39 is 0 Å². The molecule has 0 spiro atoms. The molecule has 0 aliphatic rings. The zero-order valence-electron chi connectivity index (χ0n) is 4.78. The minimum Gasteiger partial charge on any atom is -0.120 e. The van der Waals surface area contributed by atoms with Gasteiger partial charge in [-0.25, -0.2) is 0 Å². The molecule has 0 aromatic rings. The highest BCUT2D eigenvalue weighted by molar-refractivity contribution is 4.83. The lowest BCUT2D eigenvalue weighted by atomic mass is 10.1. The standard InChI is InChI=1S/C7H11/c1-4-5-6-7(2)3/h1,7H,2,5-6H2,3H3. The molecule has 0 saturated carbocycles. The van der Waals surface area contributed by atoms with Gasteiger partial charge in [-0.3, -0.25) is 0 Å². The van der Waals surface area contributed by atoms with Crippen molar-refractivity contribution in [2.75, 3.05) is 0 Å². The third-order valence-electron chi connectivity index (χ3n) is 0.781. The van der Waals surface area contributed by atoms with Gasteiger partial charge >= 0.3 is 0 Å². The number of hydrogen-bond donors (Lipinski definition) is 0.